The van der Waals surface area contributed by atoms with E-state index in [4.69, 9.17) is 11.3 Å². The molecule has 0 radical (unpaired) electrons. The molecule has 0 bridgehead atoms. The summed E-state index contributed by atoms with van der Waals surface area (Å²) in [6, 6.07) is 58.5. The van der Waals surface area contributed by atoms with Crippen molar-refractivity contribution in [1.82, 2.24) is 14.5 Å². The van der Waals surface area contributed by atoms with Crippen LogP contribution in [0.4, 0.5) is 0 Å². The van der Waals surface area contributed by atoms with E-state index in [0.717, 1.165) is 83.6 Å². The summed E-state index contributed by atoms with van der Waals surface area (Å²) < 4.78 is 11.1. The van der Waals surface area contributed by atoms with Gasteiger partial charge in [-0.3, -0.25) is 9.55 Å². The second-order valence-electron chi connectivity index (χ2n) is 17.3. The summed E-state index contributed by atoms with van der Waals surface area (Å²) in [7, 11) is 0. The van der Waals surface area contributed by atoms with Crippen LogP contribution in [0.25, 0.3) is 83.9 Å². The average Bonchev–Trinajstić information content (AvgIpc) is 3.67. The number of aryl methyl sites for hydroxylation is 2. The Balaban J connectivity index is 0.00000544. The third kappa shape index (κ3) is 8.20. The molecule has 1 N–H and O–H groups in total. The summed E-state index contributed by atoms with van der Waals surface area (Å²) in [5, 5.41) is 11.8. The van der Waals surface area contributed by atoms with Crippen molar-refractivity contribution < 1.29 is 27.5 Å². The maximum atomic E-state index is 11.8. The number of imidazole rings is 1. The number of rotatable bonds is 8. The van der Waals surface area contributed by atoms with E-state index in [2.05, 4.69) is 147 Å². The van der Waals surface area contributed by atoms with Crippen LogP contribution in [0.2, 0.25) is 0 Å². The number of hydrogen-bond acceptors (Lipinski definition) is 3. The Morgan fingerprint density at radius 2 is 1.27 bits per heavy atom. The van der Waals surface area contributed by atoms with Crippen LogP contribution in [-0.2, 0) is 26.5 Å². The molecule has 7 aromatic carbocycles. The number of pyridine rings is 1. The van der Waals surface area contributed by atoms with E-state index in [9.17, 15) is 5.11 Å². The molecule has 0 aliphatic carbocycles. The number of fused-ring (bicyclic) bond motifs is 1. The van der Waals surface area contributed by atoms with Gasteiger partial charge < -0.3 is 5.11 Å². The number of phenolic OH excluding ortho intramolecular Hbond substituents is 1. The van der Waals surface area contributed by atoms with Crippen LogP contribution in [-0.4, -0.2) is 19.6 Å². The van der Waals surface area contributed by atoms with E-state index in [1.54, 1.807) is 0 Å². The summed E-state index contributed by atoms with van der Waals surface area (Å²) in [4.78, 5) is 10.4. The van der Waals surface area contributed by atoms with Crippen molar-refractivity contribution in [2.75, 3.05) is 0 Å². The van der Waals surface area contributed by atoms with Gasteiger partial charge in [-0.15, -0.1) is 29.3 Å². The number of aromatic hydroxyl groups is 1. The minimum Gasteiger partial charge on any atom is -0.507 e. The predicted molar refractivity (Wildman–Crippen MR) is 254 cm³/mol. The molecule has 9 aromatic rings. The molecule has 62 heavy (non-hydrogen) atoms. The fraction of sp³-hybridized carbons (Fsp3) is 0.158. The van der Waals surface area contributed by atoms with E-state index in [1.165, 1.54) is 11.1 Å². The second kappa shape index (κ2) is 17.2. The Morgan fingerprint density at radius 3 is 1.95 bits per heavy atom. The van der Waals surface area contributed by atoms with Crippen LogP contribution < -0.4 is 0 Å². The molecule has 0 aliphatic heterocycles. The van der Waals surface area contributed by atoms with Crippen molar-refractivity contribution in [1.29, 1.82) is 0 Å². The van der Waals surface area contributed by atoms with Gasteiger partial charge in [0.2, 0.25) is 0 Å². The fourth-order valence-corrected chi connectivity index (χ4v) is 8.29. The van der Waals surface area contributed by atoms with Gasteiger partial charge in [0.1, 0.15) is 11.6 Å². The summed E-state index contributed by atoms with van der Waals surface area (Å²) >= 11 is 0. The molecule has 0 amide bonds. The Labute approximate surface area is 381 Å². The van der Waals surface area contributed by atoms with Gasteiger partial charge in [-0.05, 0) is 100.0 Å². The molecule has 2 heterocycles. The monoisotopic (exact) mass is 988 g/mol. The van der Waals surface area contributed by atoms with Crippen molar-refractivity contribution in [3.8, 4) is 78.6 Å². The first-order valence-electron chi connectivity index (χ1n) is 21.5. The number of benzene rings is 7. The molecular weight excluding hydrogens is 938 g/mol. The quantitative estimate of drug-likeness (QED) is 0.154. The first-order chi connectivity index (χ1) is 29.7. The third-order valence-electron chi connectivity index (χ3n) is 11.7. The molecular formula is C57H50N3OPt-. The van der Waals surface area contributed by atoms with Crippen LogP contribution in [0.5, 0.6) is 5.75 Å². The number of hydrogen-bond donors (Lipinski definition) is 1. The normalized spacial score (nSPS) is 12.0. The van der Waals surface area contributed by atoms with E-state index >= 15 is 0 Å². The second-order valence-corrected chi connectivity index (χ2v) is 17.3. The SMILES string of the molecule is [2H]C(C)(C)c1ccc(-n2c(-c3cc(C)cc(C)c3O)nc3c(-c4[c-]c(-c5cc(-c6ccc(-c7ccccc7)cc6)ccn5)cc(C(C)(C)C)c4)cccc32)c(-c2ccccc2)c1.[Pt]. The Bertz CT molecular complexity index is 3110. The van der Waals surface area contributed by atoms with Crippen molar-refractivity contribution in [2.24, 2.45) is 0 Å². The smallest absolute Gasteiger partial charge is 0.148 e. The van der Waals surface area contributed by atoms with Crippen molar-refractivity contribution in [3.63, 3.8) is 0 Å². The van der Waals surface area contributed by atoms with Gasteiger partial charge in [-0.1, -0.05) is 161 Å². The predicted octanol–water partition coefficient (Wildman–Crippen LogP) is 15.0. The minimum absolute atomic E-state index is 0. The largest absolute Gasteiger partial charge is 0.507 e. The molecule has 0 saturated carbocycles. The van der Waals surface area contributed by atoms with Gasteiger partial charge in [-0.25, -0.2) is 4.98 Å². The van der Waals surface area contributed by atoms with Gasteiger partial charge in [-0.2, -0.15) is 0 Å². The summed E-state index contributed by atoms with van der Waals surface area (Å²) in [5.74, 6) is 0.0170. The van der Waals surface area contributed by atoms with Gasteiger partial charge >= 0.3 is 0 Å². The zero-order valence-corrected chi connectivity index (χ0v) is 38.5. The third-order valence-corrected chi connectivity index (χ3v) is 11.7. The first-order valence-corrected chi connectivity index (χ1v) is 21.0. The van der Waals surface area contributed by atoms with E-state index in [1.807, 2.05) is 76.4 Å². The van der Waals surface area contributed by atoms with Crippen LogP contribution in [0.15, 0.2) is 164 Å². The molecule has 5 heteroatoms. The molecule has 310 valence electrons. The molecule has 0 fully saturated rings. The van der Waals surface area contributed by atoms with E-state index in [-0.39, 0.29) is 32.2 Å². The summed E-state index contributed by atoms with van der Waals surface area (Å²) in [5.41, 5.74) is 17.1. The molecule has 4 nitrogen and oxygen atoms in total. The maximum absolute atomic E-state index is 11.8. The molecule has 0 spiro atoms. The topological polar surface area (TPSA) is 50.9 Å². The van der Waals surface area contributed by atoms with Crippen molar-refractivity contribution in [3.05, 3.63) is 192 Å². The van der Waals surface area contributed by atoms with Gasteiger partial charge in [0.25, 0.3) is 0 Å². The van der Waals surface area contributed by atoms with E-state index < -0.39 is 5.89 Å². The number of phenols is 1. The zero-order valence-electron chi connectivity index (χ0n) is 37.2. The van der Waals surface area contributed by atoms with Gasteiger partial charge in [0.05, 0.1) is 22.3 Å². The Morgan fingerprint density at radius 1 is 0.629 bits per heavy atom. The standard InChI is InChI=1S/C57H50N3O.Pt/c1-36(2)43-25-26-52(49(34-43)42-17-12-9-13-18-42)60-53-20-14-19-48(54(53)59-56(60)50-30-37(3)29-38(4)55(50)61)45-31-46(33-47(32-45)57(5,6)7)51-35-44(27-28-58-51)41-23-21-40(22-24-41)39-15-10-8-11-16-39;/h8-30,32-36,61H,1-7H3;/q-1;/i36D;. The van der Waals surface area contributed by atoms with Crippen LogP contribution in [0, 0.1) is 19.9 Å². The first kappa shape index (κ1) is 41.0. The molecule has 9 rings (SSSR count). The fourth-order valence-electron chi connectivity index (χ4n) is 8.29. The Kier molecular flexibility index (Phi) is 11.4. The molecule has 0 aliphatic rings. The Hall–Kier alpha value is -6.35. The van der Waals surface area contributed by atoms with Crippen LogP contribution >= 0.6 is 0 Å². The van der Waals surface area contributed by atoms with Gasteiger partial charge in [0, 0.05) is 39.9 Å². The van der Waals surface area contributed by atoms with Crippen LogP contribution in [0.1, 0.15) is 64.1 Å². The number of para-hydroxylation sites is 1. The molecule has 0 atom stereocenters. The molecule has 0 saturated heterocycles. The molecule has 0 unspecified atom stereocenters. The van der Waals surface area contributed by atoms with E-state index in [0.29, 0.717) is 11.4 Å². The average molecular weight is 989 g/mol. The minimum atomic E-state index is -0.812. The van der Waals surface area contributed by atoms with Gasteiger partial charge in [0.15, 0.2) is 0 Å². The zero-order chi connectivity index (χ0) is 43.3. The van der Waals surface area contributed by atoms with Crippen molar-refractivity contribution in [2.45, 2.75) is 59.8 Å². The van der Waals surface area contributed by atoms with Crippen molar-refractivity contribution >= 4 is 11.0 Å². The number of nitrogens with zero attached hydrogens (tertiary/aromatic N) is 3. The number of aromatic nitrogens is 3. The molecule has 2 aromatic heterocycles. The maximum Gasteiger partial charge on any atom is 0.148 e. The van der Waals surface area contributed by atoms with Crippen LogP contribution in [0.3, 0.4) is 0 Å². The summed E-state index contributed by atoms with van der Waals surface area (Å²) in [6.07, 6.45) is 1.88. The summed E-state index contributed by atoms with van der Waals surface area (Å²) in [6.45, 7) is 14.5.